The zero-order valence-corrected chi connectivity index (χ0v) is 28.5. The van der Waals surface area contributed by atoms with Crippen molar-refractivity contribution in [1.82, 2.24) is 24.2 Å². The predicted octanol–water partition coefficient (Wildman–Crippen LogP) is 4.62. The molecular weight excluding hydrogens is 616 g/mol. The number of ether oxygens (including phenoxy) is 1. The summed E-state index contributed by atoms with van der Waals surface area (Å²) in [6.45, 7) is 10.8. The van der Waals surface area contributed by atoms with Gasteiger partial charge in [0.1, 0.15) is 5.75 Å². The van der Waals surface area contributed by atoms with E-state index in [0.717, 1.165) is 56.7 Å². The lowest BCUT2D eigenvalue weighted by Crippen LogP contribution is -2.44. The van der Waals surface area contributed by atoms with Gasteiger partial charge in [-0.05, 0) is 75.5 Å². The Balaban J connectivity index is 1.57. The molecule has 4 heterocycles. The molecule has 47 heavy (non-hydrogen) atoms. The van der Waals surface area contributed by atoms with Crippen LogP contribution in [0.5, 0.6) is 5.75 Å². The molecule has 250 valence electrons. The van der Waals surface area contributed by atoms with E-state index < -0.39 is 15.9 Å². The van der Waals surface area contributed by atoms with Crippen LogP contribution in [0.25, 0.3) is 22.0 Å². The third-order valence-electron chi connectivity index (χ3n) is 8.72. The number of likely N-dealkylation sites (N-methyl/N-ethyl adjacent to an activating group) is 1. The zero-order chi connectivity index (χ0) is 33.7. The lowest BCUT2D eigenvalue weighted by Gasteiger charge is -2.34. The van der Waals surface area contributed by atoms with Crippen molar-refractivity contribution in [1.29, 1.82) is 0 Å². The summed E-state index contributed by atoms with van der Waals surface area (Å²) in [6, 6.07) is 7.34. The first-order valence-corrected chi connectivity index (χ1v) is 17.6. The Morgan fingerprint density at radius 2 is 1.83 bits per heavy atom. The first kappa shape index (κ1) is 33.9. The van der Waals surface area contributed by atoms with Crippen LogP contribution >= 0.6 is 0 Å². The highest BCUT2D eigenvalue weighted by Gasteiger charge is 2.24. The van der Waals surface area contributed by atoms with Gasteiger partial charge in [-0.2, -0.15) is 0 Å². The molecule has 0 bridgehead atoms. The zero-order valence-electron chi connectivity index (χ0n) is 27.6. The summed E-state index contributed by atoms with van der Waals surface area (Å²) in [6.07, 6.45) is 10.0. The fraction of sp³-hybridized carbons (Fsp3) is 0.400. The number of aryl methyl sites for hydroxylation is 2. The Labute approximate surface area is 276 Å². The number of aromatic amines is 1. The number of carbonyl (C=O) groups excluding carboxylic acids is 1. The highest BCUT2D eigenvalue weighted by atomic mass is 32.2. The van der Waals surface area contributed by atoms with E-state index >= 15 is 0 Å². The monoisotopic (exact) mass is 660 g/mol. The molecular formula is C35H44N6O5S. The highest BCUT2D eigenvalue weighted by Crippen LogP contribution is 2.34. The fourth-order valence-electron chi connectivity index (χ4n) is 6.07. The van der Waals surface area contributed by atoms with Gasteiger partial charge in [0.05, 0.1) is 42.4 Å². The van der Waals surface area contributed by atoms with Crippen LogP contribution in [0, 0.1) is 13.8 Å². The molecule has 0 spiro atoms. The van der Waals surface area contributed by atoms with Crippen LogP contribution in [-0.4, -0.2) is 79.3 Å². The highest BCUT2D eigenvalue weighted by molar-refractivity contribution is 7.90. The molecule has 1 aliphatic rings. The van der Waals surface area contributed by atoms with Gasteiger partial charge >= 0.3 is 0 Å². The number of piperazine rings is 1. The summed E-state index contributed by atoms with van der Waals surface area (Å²) < 4.78 is 34.2. The van der Waals surface area contributed by atoms with E-state index in [-0.39, 0.29) is 23.4 Å². The molecule has 2 N–H and O–H groups in total. The summed E-state index contributed by atoms with van der Waals surface area (Å²) in [7, 11) is -0.153. The topological polar surface area (TPSA) is 130 Å². The molecule has 5 rings (SSSR count). The summed E-state index contributed by atoms with van der Waals surface area (Å²) >= 11 is 0. The molecule has 3 aromatic heterocycles. The third kappa shape index (κ3) is 7.60. The van der Waals surface area contributed by atoms with Gasteiger partial charge in [-0.25, -0.2) is 12.4 Å². The molecule has 0 unspecified atom stereocenters. The van der Waals surface area contributed by atoms with Crippen molar-refractivity contribution < 1.29 is 17.9 Å². The van der Waals surface area contributed by atoms with Gasteiger partial charge in [-0.15, -0.1) is 6.58 Å². The lowest BCUT2D eigenvalue weighted by molar-refractivity contribution is 0.0952. The van der Waals surface area contributed by atoms with Gasteiger partial charge in [0.15, 0.2) is 0 Å². The Kier molecular flexibility index (Phi) is 10.5. The first-order chi connectivity index (χ1) is 22.5. The molecule has 1 amide bonds. The average Bonchev–Trinajstić information content (AvgIpc) is 3.40. The Hall–Kier alpha value is -4.42. The number of nitrogens with zero attached hydrogens (tertiary/aromatic N) is 4. The Bertz CT molecular complexity index is 1940. The fourth-order valence-corrected chi connectivity index (χ4v) is 7.60. The molecule has 4 aromatic rings. The molecule has 0 aliphatic carbocycles. The largest absolute Gasteiger partial charge is 0.496 e. The molecule has 1 aliphatic heterocycles. The van der Waals surface area contributed by atoms with Crippen molar-refractivity contribution in [2.75, 3.05) is 51.0 Å². The quantitative estimate of drug-likeness (QED) is 0.157. The van der Waals surface area contributed by atoms with E-state index in [0.29, 0.717) is 45.5 Å². The lowest BCUT2D eigenvalue weighted by atomic mass is 9.98. The second kappa shape index (κ2) is 14.6. The number of amides is 1. The first-order valence-electron chi connectivity index (χ1n) is 16.0. The van der Waals surface area contributed by atoms with Gasteiger partial charge in [-0.1, -0.05) is 12.5 Å². The van der Waals surface area contributed by atoms with E-state index in [1.165, 1.54) is 11.1 Å². The summed E-state index contributed by atoms with van der Waals surface area (Å²) in [4.78, 5) is 38.5. The molecule has 12 heteroatoms. The molecule has 0 atom stereocenters. The number of rotatable bonds is 13. The number of benzene rings is 1. The van der Waals surface area contributed by atoms with E-state index in [4.69, 9.17) is 4.74 Å². The molecule has 1 saturated heterocycles. The minimum Gasteiger partial charge on any atom is -0.496 e. The minimum atomic E-state index is -3.73. The van der Waals surface area contributed by atoms with Crippen LogP contribution in [0.4, 0.5) is 5.69 Å². The third-order valence-corrected chi connectivity index (χ3v) is 10.4. The van der Waals surface area contributed by atoms with Gasteiger partial charge < -0.3 is 24.8 Å². The maximum absolute atomic E-state index is 14.0. The molecule has 11 nitrogen and oxygen atoms in total. The van der Waals surface area contributed by atoms with Gasteiger partial charge in [0, 0.05) is 60.8 Å². The minimum absolute atomic E-state index is 0.0183. The second-order valence-corrected chi connectivity index (χ2v) is 14.2. The number of nitrogens with one attached hydrogen (secondary N) is 2. The summed E-state index contributed by atoms with van der Waals surface area (Å²) in [5.74, 6) is -0.0845. The molecule has 0 saturated carbocycles. The van der Waals surface area contributed by atoms with Crippen LogP contribution in [0.3, 0.4) is 0 Å². The van der Waals surface area contributed by atoms with Crippen molar-refractivity contribution in [2.24, 2.45) is 0 Å². The van der Waals surface area contributed by atoms with Crippen molar-refractivity contribution >= 4 is 32.5 Å². The molecule has 1 aromatic carbocycles. The number of anilines is 1. The van der Waals surface area contributed by atoms with Crippen molar-refractivity contribution in [2.45, 2.75) is 46.1 Å². The van der Waals surface area contributed by atoms with Gasteiger partial charge in [-0.3, -0.25) is 14.6 Å². The van der Waals surface area contributed by atoms with E-state index in [1.54, 1.807) is 38.4 Å². The number of fused-ring (bicyclic) bond motifs is 1. The van der Waals surface area contributed by atoms with Crippen LogP contribution in [0.2, 0.25) is 0 Å². The number of unbranched alkanes of at least 4 members (excludes halogenated alkanes) is 3. The van der Waals surface area contributed by atoms with E-state index in [1.807, 2.05) is 24.4 Å². The number of hydrogen-bond donors (Lipinski definition) is 2. The van der Waals surface area contributed by atoms with Gasteiger partial charge in [0.25, 0.3) is 11.5 Å². The maximum atomic E-state index is 14.0. The average molecular weight is 661 g/mol. The maximum Gasteiger partial charge on any atom is 0.256 e. The van der Waals surface area contributed by atoms with Crippen molar-refractivity contribution in [3.8, 4) is 16.9 Å². The van der Waals surface area contributed by atoms with Crippen LogP contribution < -0.4 is 20.5 Å². The summed E-state index contributed by atoms with van der Waals surface area (Å²) in [5.41, 5.74) is 4.36. The van der Waals surface area contributed by atoms with Crippen LogP contribution in [0.15, 0.2) is 60.3 Å². The second-order valence-electron chi connectivity index (χ2n) is 12.2. The van der Waals surface area contributed by atoms with Crippen LogP contribution in [0.1, 0.15) is 52.9 Å². The van der Waals surface area contributed by atoms with Crippen LogP contribution in [-0.2, 0) is 16.6 Å². The Morgan fingerprint density at radius 1 is 1.06 bits per heavy atom. The summed E-state index contributed by atoms with van der Waals surface area (Å²) in [5, 5.41) is 3.42. The smallest absolute Gasteiger partial charge is 0.256 e. The van der Waals surface area contributed by atoms with E-state index in [2.05, 4.69) is 38.7 Å². The number of H-pyrrole nitrogens is 1. The SMILES string of the molecule is C=CCCCCCS(=O)(=O)n1cc(C)c2c(C(=O)NCc3c(OC)cc(C)[nH]c3=O)cc(-c3cncc(N4CCN(C)CC4)c3)cc21. The predicted molar refractivity (Wildman–Crippen MR) is 187 cm³/mol. The number of allylic oxidation sites excluding steroid dienone is 1. The number of methoxy groups -OCH3 is 1. The molecule has 0 radical (unpaired) electrons. The normalized spacial score (nSPS) is 14.0. The van der Waals surface area contributed by atoms with Crippen molar-refractivity contribution in [3.05, 3.63) is 88.2 Å². The number of pyridine rings is 2. The number of carbonyl (C=O) groups is 1. The standard InChI is InChI=1S/C35H44N6O5S/c1-6-7-8-9-10-15-47(44,45)41-23-24(2)33-29(34(42)37-22-30-32(46-5)16-25(3)38-35(30)43)18-26(19-31(33)41)27-17-28(21-36-20-27)40-13-11-39(4)12-14-40/h6,16-21,23H,1,7-15,22H2,2-5H3,(H,37,42)(H,38,43). The van der Waals surface area contributed by atoms with Crippen molar-refractivity contribution in [3.63, 3.8) is 0 Å². The van der Waals surface area contributed by atoms with Gasteiger partial charge in [0.2, 0.25) is 10.0 Å². The number of hydrogen-bond acceptors (Lipinski definition) is 8. The van der Waals surface area contributed by atoms with E-state index in [9.17, 15) is 18.0 Å². The molecule has 1 fully saturated rings. The Morgan fingerprint density at radius 3 is 2.55 bits per heavy atom. The number of aromatic nitrogens is 3.